The summed E-state index contributed by atoms with van der Waals surface area (Å²) in [5, 5.41) is 0. The molecule has 1 rings (SSSR count). The smallest absolute Gasteiger partial charge is 0.310 e. The molecule has 140 valence electrons. The van der Waals surface area contributed by atoms with E-state index in [1.807, 2.05) is 11.8 Å². The molecule has 1 atom stereocenters. The second-order valence-corrected chi connectivity index (χ2v) is 6.98. The van der Waals surface area contributed by atoms with E-state index < -0.39 is 0 Å². The van der Waals surface area contributed by atoms with Crippen LogP contribution in [0.2, 0.25) is 0 Å². The zero-order valence-electron chi connectivity index (χ0n) is 16.1. The molecular formula is C19H36N2O3. The summed E-state index contributed by atoms with van der Waals surface area (Å²) < 4.78 is 4.82. The predicted octanol–water partition coefficient (Wildman–Crippen LogP) is 2.94. The van der Waals surface area contributed by atoms with E-state index in [0.29, 0.717) is 6.54 Å². The molecule has 0 saturated carbocycles. The molecule has 0 aromatic carbocycles. The highest BCUT2D eigenvalue weighted by Gasteiger charge is 2.25. The Morgan fingerprint density at radius 3 is 2.29 bits per heavy atom. The lowest BCUT2D eigenvalue weighted by Crippen LogP contribution is -2.41. The summed E-state index contributed by atoms with van der Waals surface area (Å²) in [6, 6.07) is 0. The van der Waals surface area contributed by atoms with E-state index in [2.05, 4.69) is 18.7 Å². The maximum atomic E-state index is 12.8. The molecule has 0 spiro atoms. The lowest BCUT2D eigenvalue weighted by atomic mass is 10.0. The highest BCUT2D eigenvalue weighted by Crippen LogP contribution is 2.15. The topological polar surface area (TPSA) is 49.9 Å². The summed E-state index contributed by atoms with van der Waals surface area (Å²) in [6.45, 7) is 10.7. The number of ether oxygens (including phenoxy) is 1. The van der Waals surface area contributed by atoms with Gasteiger partial charge in [-0.1, -0.05) is 20.8 Å². The van der Waals surface area contributed by atoms with Crippen LogP contribution < -0.4 is 0 Å². The Labute approximate surface area is 147 Å². The van der Waals surface area contributed by atoms with Gasteiger partial charge in [0.05, 0.1) is 13.0 Å². The Balaban J connectivity index is 2.51. The predicted molar refractivity (Wildman–Crippen MR) is 96.7 cm³/mol. The molecule has 24 heavy (non-hydrogen) atoms. The van der Waals surface area contributed by atoms with Crippen molar-refractivity contribution in [1.82, 2.24) is 9.80 Å². The number of amides is 1. The monoisotopic (exact) mass is 340 g/mol. The molecule has 1 unspecified atom stereocenters. The van der Waals surface area contributed by atoms with E-state index in [0.717, 1.165) is 38.8 Å². The molecule has 0 radical (unpaired) electrons. The van der Waals surface area contributed by atoms with Crippen molar-refractivity contribution in [2.45, 2.75) is 59.3 Å². The lowest BCUT2D eigenvalue weighted by Gasteiger charge is -2.28. The SMILES string of the molecule is CCC(CC)C(=O)N(CCCCN1CCCC1)CC(C)C(=O)OC. The van der Waals surface area contributed by atoms with Crippen LogP contribution in [-0.4, -0.2) is 61.5 Å². The fraction of sp³-hybridized carbons (Fsp3) is 0.895. The van der Waals surface area contributed by atoms with E-state index in [1.54, 1.807) is 0 Å². The Morgan fingerprint density at radius 1 is 1.12 bits per heavy atom. The van der Waals surface area contributed by atoms with Crippen molar-refractivity contribution in [2.24, 2.45) is 11.8 Å². The van der Waals surface area contributed by atoms with Crippen LogP contribution in [0.25, 0.3) is 0 Å². The van der Waals surface area contributed by atoms with E-state index >= 15 is 0 Å². The molecule has 0 N–H and O–H groups in total. The number of likely N-dealkylation sites (tertiary alicyclic amines) is 1. The largest absolute Gasteiger partial charge is 0.469 e. The molecule has 0 bridgehead atoms. The van der Waals surface area contributed by atoms with Gasteiger partial charge in [0.1, 0.15) is 0 Å². The molecule has 1 fully saturated rings. The van der Waals surface area contributed by atoms with Gasteiger partial charge in [0.2, 0.25) is 5.91 Å². The van der Waals surface area contributed by atoms with Crippen LogP contribution in [0.4, 0.5) is 0 Å². The van der Waals surface area contributed by atoms with Gasteiger partial charge in [-0.15, -0.1) is 0 Å². The van der Waals surface area contributed by atoms with Crippen LogP contribution in [0.5, 0.6) is 0 Å². The normalized spacial score (nSPS) is 16.4. The number of nitrogens with zero attached hydrogens (tertiary/aromatic N) is 2. The van der Waals surface area contributed by atoms with E-state index in [4.69, 9.17) is 4.74 Å². The van der Waals surface area contributed by atoms with Crippen LogP contribution in [0.15, 0.2) is 0 Å². The maximum absolute atomic E-state index is 12.8. The first-order valence-corrected chi connectivity index (χ1v) is 9.62. The van der Waals surface area contributed by atoms with Gasteiger partial charge in [-0.05, 0) is 58.2 Å². The lowest BCUT2D eigenvalue weighted by molar-refractivity contribution is -0.147. The highest BCUT2D eigenvalue weighted by molar-refractivity contribution is 5.80. The number of hydrogen-bond acceptors (Lipinski definition) is 4. The van der Waals surface area contributed by atoms with E-state index in [9.17, 15) is 9.59 Å². The van der Waals surface area contributed by atoms with Crippen molar-refractivity contribution >= 4 is 11.9 Å². The van der Waals surface area contributed by atoms with Gasteiger partial charge in [-0.2, -0.15) is 0 Å². The number of esters is 1. The van der Waals surface area contributed by atoms with Gasteiger partial charge < -0.3 is 14.5 Å². The Bertz CT molecular complexity index is 377. The standard InChI is InChI=1S/C19H36N2O3/c1-5-17(6-2)18(22)21(15-16(3)19(23)24-4)14-10-9-13-20-11-7-8-12-20/h16-17H,5-15H2,1-4H3. The number of methoxy groups -OCH3 is 1. The van der Waals surface area contributed by atoms with E-state index in [1.165, 1.54) is 33.0 Å². The van der Waals surface area contributed by atoms with Gasteiger partial charge in [-0.25, -0.2) is 0 Å². The van der Waals surface area contributed by atoms with Gasteiger partial charge in [0.15, 0.2) is 0 Å². The van der Waals surface area contributed by atoms with Crippen molar-refractivity contribution in [3.63, 3.8) is 0 Å². The van der Waals surface area contributed by atoms with Crippen molar-refractivity contribution in [1.29, 1.82) is 0 Å². The minimum atomic E-state index is -0.271. The van der Waals surface area contributed by atoms with Crippen molar-refractivity contribution in [3.05, 3.63) is 0 Å². The van der Waals surface area contributed by atoms with E-state index in [-0.39, 0.29) is 23.7 Å². The zero-order valence-corrected chi connectivity index (χ0v) is 16.1. The fourth-order valence-electron chi connectivity index (χ4n) is 3.44. The molecule has 0 aliphatic carbocycles. The Morgan fingerprint density at radius 2 is 1.75 bits per heavy atom. The van der Waals surface area contributed by atoms with Gasteiger partial charge in [0.25, 0.3) is 0 Å². The summed E-state index contributed by atoms with van der Waals surface area (Å²) in [5.74, 6) is -0.258. The van der Waals surface area contributed by atoms with Crippen molar-refractivity contribution < 1.29 is 14.3 Å². The first-order valence-electron chi connectivity index (χ1n) is 9.62. The first-order chi connectivity index (χ1) is 11.5. The number of carbonyl (C=O) groups excluding carboxylic acids is 2. The molecule has 1 aliphatic heterocycles. The molecule has 1 amide bonds. The number of unbranched alkanes of at least 4 members (excludes halogenated alkanes) is 1. The minimum absolute atomic E-state index is 0.0634. The number of carbonyl (C=O) groups is 2. The number of hydrogen-bond donors (Lipinski definition) is 0. The summed E-state index contributed by atoms with van der Waals surface area (Å²) in [7, 11) is 1.40. The second-order valence-electron chi connectivity index (χ2n) is 6.98. The molecule has 5 nitrogen and oxygen atoms in total. The minimum Gasteiger partial charge on any atom is -0.469 e. The van der Waals surface area contributed by atoms with Crippen LogP contribution in [0.1, 0.15) is 59.3 Å². The molecule has 0 aromatic heterocycles. The summed E-state index contributed by atoms with van der Waals surface area (Å²) in [5.41, 5.74) is 0. The molecule has 1 heterocycles. The van der Waals surface area contributed by atoms with Gasteiger partial charge in [0, 0.05) is 19.0 Å². The summed E-state index contributed by atoms with van der Waals surface area (Å²) >= 11 is 0. The molecule has 1 aliphatic rings. The molecule has 5 heteroatoms. The maximum Gasteiger partial charge on any atom is 0.310 e. The third-order valence-electron chi connectivity index (χ3n) is 5.10. The third-order valence-corrected chi connectivity index (χ3v) is 5.10. The number of rotatable bonds is 11. The van der Waals surface area contributed by atoms with Crippen molar-refractivity contribution in [2.75, 3.05) is 39.8 Å². The fourth-order valence-corrected chi connectivity index (χ4v) is 3.44. The Hall–Kier alpha value is -1.10. The average Bonchev–Trinajstić information content (AvgIpc) is 3.10. The quantitative estimate of drug-likeness (QED) is 0.429. The van der Waals surface area contributed by atoms with Crippen LogP contribution >= 0.6 is 0 Å². The molecular weight excluding hydrogens is 304 g/mol. The third kappa shape index (κ3) is 6.80. The summed E-state index contributed by atoms with van der Waals surface area (Å²) in [6.07, 6.45) is 6.44. The summed E-state index contributed by atoms with van der Waals surface area (Å²) in [4.78, 5) is 28.9. The van der Waals surface area contributed by atoms with Crippen LogP contribution in [-0.2, 0) is 14.3 Å². The molecule has 1 saturated heterocycles. The van der Waals surface area contributed by atoms with Gasteiger partial charge >= 0.3 is 5.97 Å². The van der Waals surface area contributed by atoms with Crippen LogP contribution in [0.3, 0.4) is 0 Å². The Kier molecular flexibility index (Phi) is 9.99. The molecule has 0 aromatic rings. The zero-order chi connectivity index (χ0) is 17.9. The van der Waals surface area contributed by atoms with Gasteiger partial charge in [-0.3, -0.25) is 9.59 Å². The van der Waals surface area contributed by atoms with Crippen molar-refractivity contribution in [3.8, 4) is 0 Å². The van der Waals surface area contributed by atoms with Crippen LogP contribution in [0, 0.1) is 11.8 Å². The first kappa shape index (κ1) is 20.9. The second kappa shape index (κ2) is 11.5. The average molecular weight is 341 g/mol. The highest BCUT2D eigenvalue weighted by atomic mass is 16.5.